The van der Waals surface area contributed by atoms with Gasteiger partial charge in [-0.05, 0) is 48.5 Å². The number of imide groups is 1. The zero-order valence-corrected chi connectivity index (χ0v) is 54.1. The van der Waals surface area contributed by atoms with Gasteiger partial charge in [-0.25, -0.2) is 45.9 Å². The van der Waals surface area contributed by atoms with Crippen LogP contribution in [-0.2, 0) is 74.6 Å². The minimum Gasteiger partial charge on any atom is -0.393 e. The highest BCUT2D eigenvalue weighted by atomic mass is 32.2. The summed E-state index contributed by atoms with van der Waals surface area (Å²) in [5.41, 5.74) is 2.66. The maximum Gasteiger partial charge on any atom is 0.438 e. The molecule has 6 aromatic heterocycles. The molecule has 0 spiro atoms. The number of hydroxylamine groups is 1. The maximum atomic E-state index is 10.7. The highest BCUT2D eigenvalue weighted by molar-refractivity contribution is 7.89. The van der Waals surface area contributed by atoms with Crippen LogP contribution in [0.15, 0.2) is 52.4 Å². The van der Waals surface area contributed by atoms with Gasteiger partial charge in [-0.2, -0.15) is 42.2 Å². The van der Waals surface area contributed by atoms with Gasteiger partial charge in [0.1, 0.15) is 29.0 Å². The molecule has 0 saturated carbocycles. The number of hydrogen-bond donors (Lipinski definition) is 12. The van der Waals surface area contributed by atoms with Crippen molar-refractivity contribution in [2.24, 2.45) is 4.40 Å². The van der Waals surface area contributed by atoms with Crippen LogP contribution >= 0.6 is 11.5 Å². The first-order valence-corrected chi connectivity index (χ1v) is 29.8. The summed E-state index contributed by atoms with van der Waals surface area (Å²) in [4.78, 5) is 115. The van der Waals surface area contributed by atoms with E-state index in [1.165, 1.54) is 47.1 Å². The zero-order chi connectivity index (χ0) is 69.7. The van der Waals surface area contributed by atoms with Crippen molar-refractivity contribution >= 4 is 94.3 Å². The Balaban J connectivity index is -0.000000285. The van der Waals surface area contributed by atoms with Gasteiger partial charge in [-0.1, -0.05) is 10.4 Å². The quantitative estimate of drug-likeness (QED) is 0.0587. The predicted molar refractivity (Wildman–Crippen MR) is 306 cm³/mol. The van der Waals surface area contributed by atoms with E-state index in [0.717, 1.165) is 49.1 Å². The molecule has 7 heterocycles. The largest absolute Gasteiger partial charge is 0.438 e. The predicted octanol–water partition coefficient (Wildman–Crippen LogP) is -4.26. The molecule has 49 heteroatoms. The number of carbonyl (C=O) groups is 6. The van der Waals surface area contributed by atoms with Crippen molar-refractivity contribution in [1.29, 1.82) is 5.26 Å². The van der Waals surface area contributed by atoms with Gasteiger partial charge in [0.15, 0.2) is 12.0 Å². The molecule has 44 nitrogen and oxygen atoms in total. The molecule has 1 aliphatic rings. The molecule has 0 saturated heterocycles. The number of aromatic nitrogens is 12. The summed E-state index contributed by atoms with van der Waals surface area (Å²) in [5, 5.41) is 37.4. The lowest BCUT2D eigenvalue weighted by Crippen LogP contribution is -2.38. The standard InChI is InChI=1S/C5H7NO2.C4H10N2O3S.C4H5NO2.C4H7NO2.2C3H4N2O2.C3H4N2OS.C3H4N2O.2C3H7NO3S.C2H4N4.C2H4N2O2S/c1-3-4(2)8-6-5(3)7;1-4(7)5-10(8,9)6(2)3;1-3-2-4(6)5-7-3;1-3(6)5-4(2)7;1-2-4-5-3(6)7-2;2*1-2-4-3(6)7-5-2;1-3(6)5-2-4;2*1-3(5)4-8(2,6)7;1-2-3-5-6-4-2;1-2-3-6-7(5)4-2/h1-2H3,(H,6,7);1-3H3,(H,5,7);2H,1H3,(H,5,6);1-2H3,(H,5,6,7);1H3,(H,5,6);2*1H3,(H,4,5,6);1H3,(H,5,6);2*1-2H3,(H,4,5);1H3,(H,3,4,5,6);1H3,(H,3,4). The molecule has 1 aliphatic heterocycles. The molecule has 0 aliphatic carbocycles. The number of rotatable bonds is 4. The number of amidine groups is 1. The van der Waals surface area contributed by atoms with E-state index in [9.17, 15) is 82.2 Å². The van der Waals surface area contributed by atoms with Crippen LogP contribution in [0.4, 0.5) is 0 Å². The second-order valence-electron chi connectivity index (χ2n) is 15.4. The number of nitrogens with zero attached hydrogens (tertiary/aromatic N) is 9. The second-order valence-corrected chi connectivity index (χ2v) is 22.3. The first-order valence-electron chi connectivity index (χ1n) is 22.7. The lowest BCUT2D eigenvalue weighted by Gasteiger charge is -2.09. The molecule has 0 bridgehead atoms. The van der Waals surface area contributed by atoms with Crippen molar-refractivity contribution in [3.05, 3.63) is 98.0 Å². The van der Waals surface area contributed by atoms with Gasteiger partial charge < -0.3 is 13.5 Å². The molecule has 88 heavy (non-hydrogen) atoms. The van der Waals surface area contributed by atoms with Crippen molar-refractivity contribution in [1.82, 2.24) is 95.2 Å². The fraction of sp³-hybridized carbons (Fsp3) is 0.462. The van der Waals surface area contributed by atoms with Crippen LogP contribution in [0.5, 0.6) is 0 Å². The SMILES string of the molecule is CC(=O)NC#N.CC(=O)NC(C)=O.CC(=O)NS(=O)(=O)N(C)C.CC(=O)NS(C)(=O)=O.CC(=O)NS(C)(=O)=O.CC1=NS(=O)ON1.Cc1cc(=O)[nH]o1.Cc1n[nH]c(=O)o1.Cc1nn[nH]n1.Cc1noc(=O)[nH]1.Cc1nsc(=O)[nH]1.Cc1o[nH]c(=O)c1C. The Hall–Kier alpha value is -9.77. The lowest BCUT2D eigenvalue weighted by atomic mass is 10.3. The molecule has 0 radical (unpaired) electrons. The van der Waals surface area contributed by atoms with Crippen molar-refractivity contribution in [3.63, 3.8) is 0 Å². The molecule has 12 N–H and O–H groups in total. The van der Waals surface area contributed by atoms with Crippen LogP contribution in [0.3, 0.4) is 0 Å². The third-order valence-corrected chi connectivity index (χ3v) is 10.5. The van der Waals surface area contributed by atoms with E-state index < -0.39 is 70.8 Å². The topological polar surface area (TPSA) is 653 Å². The number of nitrogens with one attached hydrogen (secondary N) is 12. The fourth-order valence-electron chi connectivity index (χ4n) is 3.30. The second kappa shape index (κ2) is 46.5. The van der Waals surface area contributed by atoms with Crippen molar-refractivity contribution < 1.29 is 80.5 Å². The lowest BCUT2D eigenvalue weighted by molar-refractivity contribution is -0.128. The van der Waals surface area contributed by atoms with Gasteiger partial charge in [0.05, 0.1) is 18.1 Å². The summed E-state index contributed by atoms with van der Waals surface area (Å²) in [6.45, 7) is 20.9. The number of sulfonamides is 2. The van der Waals surface area contributed by atoms with Crippen LogP contribution in [0, 0.1) is 59.9 Å². The van der Waals surface area contributed by atoms with Crippen LogP contribution in [0.1, 0.15) is 88.9 Å². The highest BCUT2D eigenvalue weighted by Crippen LogP contribution is 1.95. The van der Waals surface area contributed by atoms with Crippen LogP contribution in [0.25, 0.3) is 0 Å². The third-order valence-electron chi connectivity index (χ3n) is 6.37. The summed E-state index contributed by atoms with van der Waals surface area (Å²) in [6, 6.07) is 1.39. The number of aromatic amines is 6. The zero-order valence-electron chi connectivity index (χ0n) is 50.0. The summed E-state index contributed by atoms with van der Waals surface area (Å²) in [7, 11) is -7.53. The molecular formula is C39H67N21O23S5. The smallest absolute Gasteiger partial charge is 0.393 e. The van der Waals surface area contributed by atoms with Crippen molar-refractivity contribution in [2.45, 2.75) is 96.9 Å². The monoisotopic (exact) mass is 1360 g/mol. The van der Waals surface area contributed by atoms with E-state index in [1.54, 1.807) is 69.6 Å². The van der Waals surface area contributed by atoms with Gasteiger partial charge in [-0.3, -0.25) is 77.7 Å². The number of carbonyl (C=O) groups excluding carboxylic acids is 6. The Morgan fingerprint density at radius 2 is 1.22 bits per heavy atom. The molecule has 0 fully saturated rings. The van der Waals surface area contributed by atoms with Gasteiger partial charge in [0.25, 0.3) is 11.1 Å². The first kappa shape index (κ1) is 87.0. The van der Waals surface area contributed by atoms with Gasteiger partial charge in [0.2, 0.25) is 61.4 Å². The Bertz CT molecular complexity index is 3560. The van der Waals surface area contributed by atoms with E-state index in [1.807, 2.05) is 10.6 Å². The molecule has 0 aromatic carbocycles. The maximum absolute atomic E-state index is 10.7. The Morgan fingerprint density at radius 1 is 0.693 bits per heavy atom. The Labute approximate surface area is 505 Å². The molecule has 6 aromatic rings. The van der Waals surface area contributed by atoms with E-state index in [0.29, 0.717) is 46.3 Å². The third kappa shape index (κ3) is 62.3. The average molecular weight is 1360 g/mol. The Kier molecular flexibility index (Phi) is 46.0. The van der Waals surface area contributed by atoms with Crippen LogP contribution in [0.2, 0.25) is 0 Å². The number of aryl methyl sites for hydroxylation is 6. The fourth-order valence-corrected chi connectivity index (χ4v) is 5.84. The Morgan fingerprint density at radius 3 is 1.31 bits per heavy atom. The molecule has 1 atom stereocenters. The van der Waals surface area contributed by atoms with Crippen LogP contribution < -0.4 is 57.8 Å². The molecular weight excluding hydrogens is 1290 g/mol. The molecule has 1 unspecified atom stereocenters. The summed E-state index contributed by atoms with van der Waals surface area (Å²) in [6.07, 6.45) is 3.32. The minimum atomic E-state index is -3.56. The van der Waals surface area contributed by atoms with Gasteiger partial charge >= 0.3 is 37.9 Å². The number of hydrogen-bond acceptors (Lipinski definition) is 32. The van der Waals surface area contributed by atoms with E-state index in [-0.39, 0.29) is 33.7 Å². The summed E-state index contributed by atoms with van der Waals surface area (Å²) >= 11 is -0.533. The van der Waals surface area contributed by atoms with Gasteiger partial charge in [0, 0.05) is 80.2 Å². The van der Waals surface area contributed by atoms with E-state index in [2.05, 4.69) is 92.8 Å². The van der Waals surface area contributed by atoms with Crippen molar-refractivity contribution in [3.8, 4) is 6.19 Å². The number of amides is 6. The molecule has 496 valence electrons. The van der Waals surface area contributed by atoms with E-state index in [4.69, 9.17) is 5.26 Å². The highest BCUT2D eigenvalue weighted by Gasteiger charge is 2.13. The first-order chi connectivity index (χ1) is 40.1. The molecule has 6 amide bonds. The summed E-state index contributed by atoms with van der Waals surface area (Å²) < 4.78 is 107. The average Bonchev–Trinajstić information content (AvgIpc) is 4.33. The van der Waals surface area contributed by atoms with Gasteiger partial charge in [-0.15, -0.1) is 19.7 Å². The minimum absolute atomic E-state index is 0.0856. The van der Waals surface area contributed by atoms with Crippen LogP contribution in [-0.4, -0.2) is 162 Å². The number of nitriles is 1. The van der Waals surface area contributed by atoms with Crippen molar-refractivity contribution in [2.75, 3.05) is 26.6 Å². The normalized spacial score (nSPS) is 11.1. The van der Waals surface area contributed by atoms with E-state index >= 15 is 0 Å². The number of tetrazole rings is 1. The number of H-pyrrole nitrogens is 6. The molecule has 7 rings (SSSR count). The summed E-state index contributed by atoms with van der Waals surface area (Å²) in [5.74, 6) is 0.402.